The van der Waals surface area contributed by atoms with Crippen molar-refractivity contribution < 1.29 is 9.47 Å². The van der Waals surface area contributed by atoms with Crippen LogP contribution in [0, 0.1) is 0 Å². The zero-order valence-electron chi connectivity index (χ0n) is 14.1. The van der Waals surface area contributed by atoms with E-state index in [-0.39, 0.29) is 24.8 Å². The van der Waals surface area contributed by atoms with Gasteiger partial charge in [-0.15, -0.1) is 24.8 Å². The normalized spacial score (nSPS) is 17.8. The van der Waals surface area contributed by atoms with Gasteiger partial charge in [-0.1, -0.05) is 42.1 Å². The molecule has 1 aromatic carbocycles. The quantitative estimate of drug-likeness (QED) is 0.656. The van der Waals surface area contributed by atoms with Crippen LogP contribution in [0.2, 0.25) is 0 Å². The van der Waals surface area contributed by atoms with E-state index in [2.05, 4.69) is 45.2 Å². The van der Waals surface area contributed by atoms with Gasteiger partial charge in [0, 0.05) is 36.7 Å². The molecule has 1 atom stereocenters. The Morgan fingerprint density at radius 2 is 1.79 bits per heavy atom. The van der Waals surface area contributed by atoms with Crippen molar-refractivity contribution in [1.82, 2.24) is 10.2 Å². The first kappa shape index (κ1) is 21.8. The molecule has 3 rings (SSSR count). The van der Waals surface area contributed by atoms with E-state index in [1.807, 2.05) is 0 Å². The van der Waals surface area contributed by atoms with Crippen molar-refractivity contribution in [2.45, 2.75) is 38.6 Å². The van der Waals surface area contributed by atoms with Crippen LogP contribution in [-0.2, 0) is 0 Å². The van der Waals surface area contributed by atoms with E-state index in [1.54, 1.807) is 0 Å². The molecular weight excluding hydrogens is 415 g/mol. The molecule has 1 aromatic rings. The van der Waals surface area contributed by atoms with Gasteiger partial charge in [0.05, 0.1) is 0 Å². The van der Waals surface area contributed by atoms with Crippen molar-refractivity contribution in [3.8, 4) is 11.5 Å². The molecule has 1 saturated heterocycles. The Balaban J connectivity index is 0.00000144. The highest BCUT2D eigenvalue weighted by Crippen LogP contribution is 2.41. The largest absolute Gasteiger partial charge is 0.454 e. The van der Waals surface area contributed by atoms with Crippen molar-refractivity contribution in [3.63, 3.8) is 0 Å². The molecule has 0 spiro atoms. The Kier molecular flexibility index (Phi) is 9.75. The van der Waals surface area contributed by atoms with Gasteiger partial charge in [-0.3, -0.25) is 4.90 Å². The highest BCUT2D eigenvalue weighted by molar-refractivity contribution is 9.10. The average Bonchev–Trinajstić information content (AvgIpc) is 2.99. The SMILES string of the molecule is CCCCC[C@@H](c1cc2c(cc1Br)OCO2)N1CCNCC1.Cl.Cl. The van der Waals surface area contributed by atoms with Crippen molar-refractivity contribution in [2.24, 2.45) is 0 Å². The van der Waals surface area contributed by atoms with Crippen LogP contribution in [0.1, 0.15) is 44.2 Å². The second-order valence-corrected chi connectivity index (χ2v) is 6.88. The summed E-state index contributed by atoms with van der Waals surface area (Å²) >= 11 is 3.75. The Hall–Kier alpha value is -0.200. The summed E-state index contributed by atoms with van der Waals surface area (Å²) in [6.45, 7) is 6.96. The third-order valence-electron chi connectivity index (χ3n) is 4.52. The van der Waals surface area contributed by atoms with Crippen LogP contribution in [0.15, 0.2) is 16.6 Å². The highest BCUT2D eigenvalue weighted by Gasteiger charge is 2.26. The van der Waals surface area contributed by atoms with Crippen LogP contribution in [-0.4, -0.2) is 37.9 Å². The van der Waals surface area contributed by atoms with Crippen molar-refractivity contribution in [3.05, 3.63) is 22.2 Å². The lowest BCUT2D eigenvalue weighted by Gasteiger charge is -2.36. The second kappa shape index (κ2) is 10.7. The molecule has 0 saturated carbocycles. The molecule has 0 amide bonds. The number of unbranched alkanes of at least 4 members (excludes halogenated alkanes) is 2. The van der Waals surface area contributed by atoms with E-state index in [1.165, 1.54) is 31.2 Å². The zero-order chi connectivity index (χ0) is 15.4. The molecule has 0 unspecified atom stereocenters. The molecule has 7 heteroatoms. The van der Waals surface area contributed by atoms with E-state index < -0.39 is 0 Å². The lowest BCUT2D eigenvalue weighted by Crippen LogP contribution is -2.45. The number of fused-ring (bicyclic) bond motifs is 1. The Labute approximate surface area is 165 Å². The maximum atomic E-state index is 5.58. The highest BCUT2D eigenvalue weighted by atomic mass is 79.9. The molecule has 2 aliphatic heterocycles. The maximum absolute atomic E-state index is 5.58. The van der Waals surface area contributed by atoms with Crippen LogP contribution >= 0.6 is 40.7 Å². The topological polar surface area (TPSA) is 33.7 Å². The van der Waals surface area contributed by atoms with Crippen molar-refractivity contribution >= 4 is 40.7 Å². The van der Waals surface area contributed by atoms with E-state index in [0.29, 0.717) is 12.8 Å². The number of nitrogens with one attached hydrogen (secondary N) is 1. The summed E-state index contributed by atoms with van der Waals surface area (Å²) in [7, 11) is 0. The van der Waals surface area contributed by atoms with Gasteiger partial charge in [0.1, 0.15) is 0 Å². The molecule has 0 bridgehead atoms. The number of ether oxygens (including phenoxy) is 2. The molecule has 24 heavy (non-hydrogen) atoms. The molecule has 1 N–H and O–H groups in total. The van der Waals surface area contributed by atoms with Crippen LogP contribution < -0.4 is 14.8 Å². The minimum Gasteiger partial charge on any atom is -0.454 e. The third kappa shape index (κ3) is 5.15. The third-order valence-corrected chi connectivity index (χ3v) is 5.21. The first-order chi connectivity index (χ1) is 10.8. The van der Waals surface area contributed by atoms with Crippen LogP contribution in [0.5, 0.6) is 11.5 Å². The van der Waals surface area contributed by atoms with Gasteiger partial charge in [-0.05, 0) is 24.1 Å². The van der Waals surface area contributed by atoms with Crippen molar-refractivity contribution in [1.29, 1.82) is 0 Å². The molecular formula is C17H27BrCl2N2O2. The van der Waals surface area contributed by atoms with Crippen LogP contribution in [0.25, 0.3) is 0 Å². The summed E-state index contributed by atoms with van der Waals surface area (Å²) in [4.78, 5) is 2.61. The fraction of sp³-hybridized carbons (Fsp3) is 0.647. The minimum atomic E-state index is 0. The van der Waals surface area contributed by atoms with Gasteiger partial charge in [0.2, 0.25) is 6.79 Å². The van der Waals surface area contributed by atoms with Crippen LogP contribution in [0.3, 0.4) is 0 Å². The fourth-order valence-electron chi connectivity index (χ4n) is 3.30. The molecule has 138 valence electrons. The number of halogens is 3. The molecule has 2 aliphatic rings. The Morgan fingerprint density at radius 3 is 2.46 bits per heavy atom. The van der Waals surface area contributed by atoms with Gasteiger partial charge in [-0.2, -0.15) is 0 Å². The number of hydrogen-bond acceptors (Lipinski definition) is 4. The van der Waals surface area contributed by atoms with Gasteiger partial charge >= 0.3 is 0 Å². The molecule has 2 heterocycles. The smallest absolute Gasteiger partial charge is 0.231 e. The summed E-state index contributed by atoms with van der Waals surface area (Å²) in [5.41, 5.74) is 1.34. The van der Waals surface area contributed by atoms with E-state index in [0.717, 1.165) is 42.2 Å². The molecule has 0 aromatic heterocycles. The summed E-state index contributed by atoms with van der Waals surface area (Å²) in [5.74, 6) is 1.73. The predicted molar refractivity (Wildman–Crippen MR) is 106 cm³/mol. The number of piperazine rings is 1. The molecule has 0 aliphatic carbocycles. The summed E-state index contributed by atoms with van der Waals surface area (Å²) in [6.07, 6.45) is 5.03. The van der Waals surface area contributed by atoms with E-state index >= 15 is 0 Å². The Bertz CT molecular complexity index is 514. The van der Waals surface area contributed by atoms with E-state index in [9.17, 15) is 0 Å². The lowest BCUT2D eigenvalue weighted by atomic mass is 9.97. The summed E-state index contributed by atoms with van der Waals surface area (Å²) < 4.78 is 12.2. The molecule has 0 radical (unpaired) electrons. The minimum absolute atomic E-state index is 0. The van der Waals surface area contributed by atoms with Gasteiger partial charge in [0.25, 0.3) is 0 Å². The zero-order valence-corrected chi connectivity index (χ0v) is 17.3. The first-order valence-electron chi connectivity index (χ1n) is 8.33. The molecule has 1 fully saturated rings. The Morgan fingerprint density at radius 1 is 1.12 bits per heavy atom. The fourth-order valence-corrected chi connectivity index (χ4v) is 3.89. The number of benzene rings is 1. The second-order valence-electron chi connectivity index (χ2n) is 6.02. The van der Waals surface area contributed by atoms with Gasteiger partial charge in [-0.25, -0.2) is 0 Å². The average molecular weight is 442 g/mol. The van der Waals surface area contributed by atoms with Crippen LogP contribution in [0.4, 0.5) is 0 Å². The predicted octanol–water partition coefficient (Wildman–Crippen LogP) is 4.55. The summed E-state index contributed by atoms with van der Waals surface area (Å²) in [6, 6.07) is 4.69. The monoisotopic (exact) mass is 440 g/mol. The molecule has 4 nitrogen and oxygen atoms in total. The first-order valence-corrected chi connectivity index (χ1v) is 9.12. The number of nitrogens with zero attached hydrogens (tertiary/aromatic N) is 1. The number of rotatable bonds is 6. The maximum Gasteiger partial charge on any atom is 0.231 e. The summed E-state index contributed by atoms with van der Waals surface area (Å²) in [5, 5.41) is 3.45. The lowest BCUT2D eigenvalue weighted by molar-refractivity contribution is 0.161. The number of hydrogen-bond donors (Lipinski definition) is 1. The van der Waals surface area contributed by atoms with E-state index in [4.69, 9.17) is 9.47 Å². The van der Waals surface area contributed by atoms with Gasteiger partial charge < -0.3 is 14.8 Å². The van der Waals surface area contributed by atoms with Crippen molar-refractivity contribution in [2.75, 3.05) is 33.0 Å². The van der Waals surface area contributed by atoms with Gasteiger partial charge in [0.15, 0.2) is 11.5 Å². The standard InChI is InChI=1S/C17H25BrN2O2.2ClH/c1-2-3-4-5-15(20-8-6-19-7-9-20)13-10-16-17(11-14(13)18)22-12-21-16;;/h10-11,15,19H,2-9,12H2,1H3;2*1H/t15-;;/m0../s1.